The molecule has 0 aromatic carbocycles. The van der Waals surface area contributed by atoms with Crippen LogP contribution in [0.4, 0.5) is 0 Å². The average Bonchev–Trinajstić information content (AvgIpc) is 2.97. The monoisotopic (exact) mass is 282 g/mol. The van der Waals surface area contributed by atoms with E-state index >= 15 is 0 Å². The third-order valence-corrected chi connectivity index (χ3v) is 5.48. The third-order valence-electron chi connectivity index (χ3n) is 4.14. The Bertz CT molecular complexity index is 419. The summed E-state index contributed by atoms with van der Waals surface area (Å²) in [5.41, 5.74) is 0.699. The maximum absolute atomic E-state index is 10.4. The molecule has 1 aliphatic carbocycles. The Balaban J connectivity index is 1.57. The molecule has 19 heavy (non-hydrogen) atoms. The van der Waals surface area contributed by atoms with Crippen LogP contribution in [-0.4, -0.2) is 35.5 Å². The van der Waals surface area contributed by atoms with Gasteiger partial charge < -0.3 is 15.2 Å². The van der Waals surface area contributed by atoms with Gasteiger partial charge in [-0.15, -0.1) is 11.3 Å². The molecule has 1 aromatic heterocycles. The first kappa shape index (κ1) is 13.5. The van der Waals surface area contributed by atoms with Gasteiger partial charge in [0.25, 0.3) is 0 Å². The van der Waals surface area contributed by atoms with E-state index in [0.717, 1.165) is 19.3 Å². The van der Waals surface area contributed by atoms with Gasteiger partial charge in [-0.2, -0.15) is 0 Å². The summed E-state index contributed by atoms with van der Waals surface area (Å²) in [5.74, 6) is 0. The summed E-state index contributed by atoms with van der Waals surface area (Å²) in [7, 11) is 0. The molecule has 0 radical (unpaired) electrons. The number of aliphatic hydroxyl groups is 1. The van der Waals surface area contributed by atoms with E-state index in [4.69, 9.17) is 9.72 Å². The molecule has 3 rings (SSSR count). The molecule has 2 heterocycles. The fourth-order valence-corrected chi connectivity index (χ4v) is 3.93. The third kappa shape index (κ3) is 2.99. The molecular weight excluding hydrogens is 260 g/mol. The van der Waals surface area contributed by atoms with E-state index in [2.05, 4.69) is 12.2 Å². The fourth-order valence-electron chi connectivity index (χ4n) is 2.75. The average molecular weight is 282 g/mol. The van der Waals surface area contributed by atoms with Crippen LogP contribution in [0.25, 0.3) is 0 Å². The zero-order valence-corrected chi connectivity index (χ0v) is 12.3. The lowest BCUT2D eigenvalue weighted by Gasteiger charge is -2.33. The molecule has 1 saturated heterocycles. The van der Waals surface area contributed by atoms with E-state index in [0.29, 0.717) is 19.8 Å². The molecule has 0 saturated carbocycles. The van der Waals surface area contributed by atoms with Crippen LogP contribution < -0.4 is 5.32 Å². The summed E-state index contributed by atoms with van der Waals surface area (Å²) in [6.07, 6.45) is 5.04. The fraction of sp³-hybridized carbons (Fsp3) is 0.786. The molecule has 1 fully saturated rings. The zero-order valence-electron chi connectivity index (χ0n) is 11.4. The van der Waals surface area contributed by atoms with E-state index < -0.39 is 5.60 Å². The van der Waals surface area contributed by atoms with E-state index in [1.807, 2.05) is 11.3 Å². The summed E-state index contributed by atoms with van der Waals surface area (Å²) >= 11 is 1.84. The van der Waals surface area contributed by atoms with Crippen LogP contribution in [0.3, 0.4) is 0 Å². The highest BCUT2D eigenvalue weighted by Gasteiger charge is 2.30. The van der Waals surface area contributed by atoms with Crippen LogP contribution in [-0.2, 0) is 17.6 Å². The van der Waals surface area contributed by atoms with Crippen molar-refractivity contribution in [3.63, 3.8) is 0 Å². The molecule has 2 aliphatic rings. The maximum Gasteiger partial charge on any atom is 0.110 e. The number of fused-ring (bicyclic) bond motifs is 1. The van der Waals surface area contributed by atoms with Crippen LogP contribution in [0.5, 0.6) is 0 Å². The predicted molar refractivity (Wildman–Crippen MR) is 75.6 cm³/mol. The molecule has 1 aromatic rings. The Labute approximate surface area is 118 Å². The summed E-state index contributed by atoms with van der Waals surface area (Å²) in [6, 6.07) is 0.225. The van der Waals surface area contributed by atoms with Crippen LogP contribution >= 0.6 is 11.3 Å². The van der Waals surface area contributed by atoms with Crippen molar-refractivity contribution in [1.82, 2.24) is 10.3 Å². The standard InChI is InChI=1S/C14H22N2O2S/c1-10(13-16-11-3-2-4-12(11)19-13)15-9-14(17)5-7-18-8-6-14/h10,15,17H,2-9H2,1H3. The maximum atomic E-state index is 10.4. The number of hydrogen-bond donors (Lipinski definition) is 2. The van der Waals surface area contributed by atoms with Gasteiger partial charge in [-0.1, -0.05) is 0 Å². The second-order valence-electron chi connectivity index (χ2n) is 5.71. The van der Waals surface area contributed by atoms with Crippen molar-refractivity contribution in [2.45, 2.75) is 50.7 Å². The molecule has 1 atom stereocenters. The highest BCUT2D eigenvalue weighted by atomic mass is 32.1. The number of aryl methyl sites for hydroxylation is 2. The van der Waals surface area contributed by atoms with Gasteiger partial charge in [0, 0.05) is 37.5 Å². The lowest BCUT2D eigenvalue weighted by Crippen LogP contribution is -2.45. The van der Waals surface area contributed by atoms with Gasteiger partial charge in [-0.25, -0.2) is 4.98 Å². The Morgan fingerprint density at radius 2 is 2.21 bits per heavy atom. The van der Waals surface area contributed by atoms with Crippen molar-refractivity contribution in [2.24, 2.45) is 0 Å². The lowest BCUT2D eigenvalue weighted by molar-refractivity contribution is -0.0626. The molecular formula is C14H22N2O2S. The number of aromatic nitrogens is 1. The number of nitrogens with one attached hydrogen (secondary N) is 1. The summed E-state index contributed by atoms with van der Waals surface area (Å²) < 4.78 is 5.30. The Hall–Kier alpha value is -0.490. The molecule has 0 spiro atoms. The summed E-state index contributed by atoms with van der Waals surface area (Å²) in [5, 5.41) is 15.0. The van der Waals surface area contributed by atoms with Crippen molar-refractivity contribution in [3.05, 3.63) is 15.6 Å². The van der Waals surface area contributed by atoms with Gasteiger partial charge in [-0.05, 0) is 26.2 Å². The number of rotatable bonds is 4. The second kappa shape index (κ2) is 5.48. The minimum atomic E-state index is -0.605. The van der Waals surface area contributed by atoms with Gasteiger partial charge in [-0.3, -0.25) is 0 Å². The zero-order chi connectivity index (χ0) is 13.3. The first-order valence-electron chi connectivity index (χ1n) is 7.18. The van der Waals surface area contributed by atoms with Crippen molar-refractivity contribution < 1.29 is 9.84 Å². The summed E-state index contributed by atoms with van der Waals surface area (Å²) in [4.78, 5) is 6.19. The largest absolute Gasteiger partial charge is 0.388 e. The minimum absolute atomic E-state index is 0.225. The molecule has 4 nitrogen and oxygen atoms in total. The molecule has 2 N–H and O–H groups in total. The lowest BCUT2D eigenvalue weighted by atomic mass is 9.94. The second-order valence-corrected chi connectivity index (χ2v) is 6.83. The van der Waals surface area contributed by atoms with Gasteiger partial charge in [0.05, 0.1) is 17.3 Å². The molecule has 106 valence electrons. The number of nitrogens with zero attached hydrogens (tertiary/aromatic N) is 1. The first-order valence-corrected chi connectivity index (χ1v) is 8.00. The van der Waals surface area contributed by atoms with Crippen molar-refractivity contribution in [3.8, 4) is 0 Å². The number of ether oxygens (including phenoxy) is 1. The van der Waals surface area contributed by atoms with Crippen molar-refractivity contribution >= 4 is 11.3 Å². The summed E-state index contributed by atoms with van der Waals surface area (Å²) in [6.45, 7) is 4.09. The molecule has 0 bridgehead atoms. The van der Waals surface area contributed by atoms with E-state index in [1.165, 1.54) is 28.4 Å². The smallest absolute Gasteiger partial charge is 0.110 e. The van der Waals surface area contributed by atoms with Gasteiger partial charge in [0.2, 0.25) is 0 Å². The Morgan fingerprint density at radius 1 is 1.42 bits per heavy atom. The Kier molecular flexibility index (Phi) is 3.89. The SMILES string of the molecule is CC(NCC1(O)CCOCC1)c1nc2c(s1)CCC2. The van der Waals surface area contributed by atoms with Crippen molar-refractivity contribution in [1.29, 1.82) is 0 Å². The van der Waals surface area contributed by atoms with Gasteiger partial charge in [0.15, 0.2) is 0 Å². The van der Waals surface area contributed by atoms with Crippen LogP contribution in [0, 0.1) is 0 Å². The first-order chi connectivity index (χ1) is 9.16. The van der Waals surface area contributed by atoms with Gasteiger partial charge >= 0.3 is 0 Å². The number of thiazole rings is 1. The molecule has 0 amide bonds. The highest BCUT2D eigenvalue weighted by molar-refractivity contribution is 7.11. The van der Waals surface area contributed by atoms with E-state index in [-0.39, 0.29) is 6.04 Å². The number of hydrogen-bond acceptors (Lipinski definition) is 5. The topological polar surface area (TPSA) is 54.4 Å². The quantitative estimate of drug-likeness (QED) is 0.884. The molecule has 1 unspecified atom stereocenters. The van der Waals surface area contributed by atoms with Crippen LogP contribution in [0.15, 0.2) is 0 Å². The molecule has 1 aliphatic heterocycles. The van der Waals surface area contributed by atoms with Crippen molar-refractivity contribution in [2.75, 3.05) is 19.8 Å². The van der Waals surface area contributed by atoms with Crippen LogP contribution in [0.1, 0.15) is 47.8 Å². The van der Waals surface area contributed by atoms with E-state index in [1.54, 1.807) is 0 Å². The van der Waals surface area contributed by atoms with Crippen LogP contribution in [0.2, 0.25) is 0 Å². The highest BCUT2D eigenvalue weighted by Crippen LogP contribution is 2.30. The predicted octanol–water partition coefficient (Wildman–Crippen LogP) is 1.82. The molecule has 5 heteroatoms. The normalized spacial score (nSPS) is 23.3. The van der Waals surface area contributed by atoms with E-state index in [9.17, 15) is 5.11 Å². The minimum Gasteiger partial charge on any atom is -0.388 e. The van der Waals surface area contributed by atoms with Gasteiger partial charge in [0.1, 0.15) is 5.01 Å². The Morgan fingerprint density at radius 3 is 2.95 bits per heavy atom.